The molecule has 4 aliphatic rings. The Bertz CT molecular complexity index is 603. The summed E-state index contributed by atoms with van der Waals surface area (Å²) in [5, 5.41) is 0. The van der Waals surface area contributed by atoms with Gasteiger partial charge in [-0.25, -0.2) is 0 Å². The Balaban J connectivity index is 1.64. The average molecular weight is 375 g/mol. The van der Waals surface area contributed by atoms with Crippen molar-refractivity contribution in [2.75, 3.05) is 0 Å². The van der Waals surface area contributed by atoms with Crippen LogP contribution >= 0.6 is 0 Å². The number of ether oxygens (including phenoxy) is 2. The molecule has 0 aromatic carbocycles. The van der Waals surface area contributed by atoms with E-state index in [1.165, 1.54) is 25.7 Å². The zero-order valence-corrected chi connectivity index (χ0v) is 16.8. The highest BCUT2D eigenvalue weighted by Gasteiger charge is 2.63. The Morgan fingerprint density at radius 2 is 1.70 bits per heavy atom. The molecule has 0 aromatic heterocycles. The molecule has 4 aliphatic carbocycles. The molecule has 0 amide bonds. The van der Waals surface area contributed by atoms with Crippen LogP contribution in [0.5, 0.6) is 0 Å². The molecule has 0 heterocycles. The number of rotatable bonds is 5. The van der Waals surface area contributed by atoms with Crippen LogP contribution in [0.1, 0.15) is 65.2 Å². The molecule has 0 radical (unpaired) electrons. The topological polar surface area (TPSA) is 52.6 Å². The maximum Gasteiger partial charge on any atom is 0.293 e. The lowest BCUT2D eigenvalue weighted by molar-refractivity contribution is -0.185. The molecule has 0 bridgehead atoms. The highest BCUT2D eigenvalue weighted by atomic mass is 16.5. The van der Waals surface area contributed by atoms with Gasteiger partial charge in [0.1, 0.15) is 12.2 Å². The highest BCUT2D eigenvalue weighted by Crippen LogP contribution is 2.68. The van der Waals surface area contributed by atoms with Crippen molar-refractivity contribution in [1.29, 1.82) is 0 Å². The minimum Gasteiger partial charge on any atom is -0.465 e. The zero-order chi connectivity index (χ0) is 19.2. The van der Waals surface area contributed by atoms with E-state index in [1.54, 1.807) is 0 Å². The molecule has 0 aromatic rings. The van der Waals surface area contributed by atoms with Gasteiger partial charge in [0.2, 0.25) is 0 Å². The number of carbonyl (C=O) groups excluding carboxylic acids is 2. The molecule has 4 rings (SSSR count). The number of hydrogen-bond donors (Lipinski definition) is 0. The van der Waals surface area contributed by atoms with Crippen molar-refractivity contribution in [1.82, 2.24) is 0 Å². The van der Waals surface area contributed by atoms with Gasteiger partial charge in [-0.05, 0) is 86.4 Å². The summed E-state index contributed by atoms with van der Waals surface area (Å²) in [6.45, 7) is 10.2. The quantitative estimate of drug-likeness (QED) is 0.524. The average Bonchev–Trinajstić information content (AvgIpc) is 3.01. The molecule has 0 N–H and O–H groups in total. The van der Waals surface area contributed by atoms with E-state index >= 15 is 0 Å². The summed E-state index contributed by atoms with van der Waals surface area (Å²) in [7, 11) is 0. The van der Waals surface area contributed by atoms with E-state index in [0.717, 1.165) is 31.6 Å². The van der Waals surface area contributed by atoms with Crippen LogP contribution in [0.25, 0.3) is 0 Å². The first-order valence-corrected chi connectivity index (χ1v) is 10.8. The Labute approximate surface area is 163 Å². The van der Waals surface area contributed by atoms with Crippen LogP contribution in [0.3, 0.4) is 0 Å². The number of fused-ring (bicyclic) bond motifs is 5. The predicted octanol–water partition coefficient (Wildman–Crippen LogP) is 4.52. The molecule has 150 valence electrons. The first-order valence-electron chi connectivity index (χ1n) is 10.8. The molecule has 4 nitrogen and oxygen atoms in total. The standard InChI is InChI=1S/C23H34O4/c1-4-15-6-8-19-18-7-5-16-11-17(26-13-24)9-10-22(16,2)20(18)12-21(27-14-25)23(15,19)3/h4,13-21H,1,5-12H2,2-3H3/t15-,16+,17+,18-,19-,20-,21-,22-,23+/m0/s1. The third kappa shape index (κ3) is 2.69. The van der Waals surface area contributed by atoms with E-state index in [2.05, 4.69) is 26.5 Å². The van der Waals surface area contributed by atoms with Crippen molar-refractivity contribution < 1.29 is 19.1 Å². The third-order valence-electron chi connectivity index (χ3n) is 9.51. The number of carbonyl (C=O) groups is 2. The van der Waals surface area contributed by atoms with E-state index in [9.17, 15) is 9.59 Å². The van der Waals surface area contributed by atoms with E-state index in [0.29, 0.717) is 36.6 Å². The molecule has 4 fully saturated rings. The Kier molecular flexibility index (Phi) is 4.88. The lowest BCUT2D eigenvalue weighted by Gasteiger charge is -2.62. The van der Waals surface area contributed by atoms with Gasteiger partial charge in [-0.3, -0.25) is 9.59 Å². The lowest BCUT2D eigenvalue weighted by atomic mass is 9.44. The van der Waals surface area contributed by atoms with Gasteiger partial charge in [-0.1, -0.05) is 19.9 Å². The van der Waals surface area contributed by atoms with Crippen molar-refractivity contribution >= 4 is 12.9 Å². The summed E-state index contributed by atoms with van der Waals surface area (Å²) >= 11 is 0. The second-order valence-corrected chi connectivity index (χ2v) is 10.0. The first kappa shape index (κ1) is 19.0. The predicted molar refractivity (Wildman–Crippen MR) is 103 cm³/mol. The normalized spacial score (nSPS) is 51.3. The molecule has 0 unspecified atom stereocenters. The largest absolute Gasteiger partial charge is 0.465 e. The monoisotopic (exact) mass is 374 g/mol. The van der Waals surface area contributed by atoms with Crippen molar-refractivity contribution in [3.8, 4) is 0 Å². The van der Waals surface area contributed by atoms with Crippen molar-refractivity contribution in [3.63, 3.8) is 0 Å². The molecule has 0 spiro atoms. The van der Waals surface area contributed by atoms with Gasteiger partial charge >= 0.3 is 0 Å². The molecule has 0 saturated heterocycles. The van der Waals surface area contributed by atoms with Gasteiger partial charge in [-0.15, -0.1) is 6.58 Å². The first-order chi connectivity index (χ1) is 13.0. The summed E-state index contributed by atoms with van der Waals surface area (Å²) < 4.78 is 11.1. The van der Waals surface area contributed by atoms with Crippen LogP contribution < -0.4 is 0 Å². The molecule has 4 saturated carbocycles. The molecular formula is C23H34O4. The molecule has 9 atom stereocenters. The van der Waals surface area contributed by atoms with Crippen molar-refractivity contribution in [2.45, 2.75) is 77.4 Å². The van der Waals surface area contributed by atoms with Gasteiger partial charge in [0.25, 0.3) is 12.9 Å². The molecule has 0 aliphatic heterocycles. The Hall–Kier alpha value is -1.32. The van der Waals surface area contributed by atoms with Crippen LogP contribution in [-0.2, 0) is 19.1 Å². The Morgan fingerprint density at radius 1 is 0.926 bits per heavy atom. The summed E-state index contributed by atoms with van der Waals surface area (Å²) in [6, 6.07) is 0. The minimum atomic E-state index is -0.00808. The van der Waals surface area contributed by atoms with Crippen molar-refractivity contribution in [2.24, 2.45) is 40.4 Å². The fourth-order valence-corrected chi connectivity index (χ4v) is 8.06. The van der Waals surface area contributed by atoms with Crippen molar-refractivity contribution in [3.05, 3.63) is 12.7 Å². The van der Waals surface area contributed by atoms with Crippen LogP contribution in [0, 0.1) is 40.4 Å². The van der Waals surface area contributed by atoms with E-state index in [1.807, 2.05) is 0 Å². The molecule has 27 heavy (non-hydrogen) atoms. The van der Waals surface area contributed by atoms with E-state index in [-0.39, 0.29) is 23.0 Å². The van der Waals surface area contributed by atoms with Gasteiger partial charge in [0.15, 0.2) is 0 Å². The fourth-order valence-electron chi connectivity index (χ4n) is 8.06. The second kappa shape index (κ2) is 6.93. The SMILES string of the molecule is C=C[C@H]1CC[C@H]2[C@@H]3CC[C@@H]4C[C@H](OC=O)CC[C@]4(C)[C@H]3C[C@H](OC=O)[C@]12C. The second-order valence-electron chi connectivity index (χ2n) is 10.0. The summed E-state index contributed by atoms with van der Waals surface area (Å²) in [4.78, 5) is 22.1. The lowest BCUT2D eigenvalue weighted by Crippen LogP contribution is -2.58. The van der Waals surface area contributed by atoms with Crippen LogP contribution in [0.4, 0.5) is 0 Å². The summed E-state index contributed by atoms with van der Waals surface area (Å²) in [5.74, 6) is 2.98. The maximum absolute atomic E-state index is 11.3. The van der Waals surface area contributed by atoms with Gasteiger partial charge in [-0.2, -0.15) is 0 Å². The van der Waals surface area contributed by atoms with Gasteiger partial charge in [0, 0.05) is 5.41 Å². The third-order valence-corrected chi connectivity index (χ3v) is 9.51. The minimum absolute atomic E-state index is 0.00808. The smallest absolute Gasteiger partial charge is 0.293 e. The maximum atomic E-state index is 11.3. The summed E-state index contributed by atoms with van der Waals surface area (Å²) in [5.41, 5.74) is 0.300. The van der Waals surface area contributed by atoms with E-state index < -0.39 is 0 Å². The number of hydrogen-bond acceptors (Lipinski definition) is 4. The fraction of sp³-hybridized carbons (Fsp3) is 0.826. The molecule has 4 heteroatoms. The van der Waals surface area contributed by atoms with Crippen LogP contribution in [0.15, 0.2) is 12.7 Å². The highest BCUT2D eigenvalue weighted by molar-refractivity contribution is 5.38. The zero-order valence-electron chi connectivity index (χ0n) is 16.8. The van der Waals surface area contributed by atoms with Gasteiger partial charge in [0.05, 0.1) is 0 Å². The molecular weight excluding hydrogens is 340 g/mol. The van der Waals surface area contributed by atoms with Gasteiger partial charge < -0.3 is 9.47 Å². The Morgan fingerprint density at radius 3 is 2.41 bits per heavy atom. The summed E-state index contributed by atoms with van der Waals surface area (Å²) in [6.07, 6.45) is 11.1. The number of allylic oxidation sites excluding steroid dienone is 1. The van der Waals surface area contributed by atoms with Crippen LogP contribution in [-0.4, -0.2) is 25.2 Å². The van der Waals surface area contributed by atoms with Crippen LogP contribution in [0.2, 0.25) is 0 Å². The van der Waals surface area contributed by atoms with E-state index in [4.69, 9.17) is 9.47 Å².